The Morgan fingerprint density at radius 1 is 1.64 bits per heavy atom. The largest absolute Gasteiger partial charge is 0.468 e. The number of nitrogens with zero attached hydrogens (tertiary/aromatic N) is 1. The smallest absolute Gasteiger partial charge is 0.321 e. The third-order valence-electron chi connectivity index (χ3n) is 1.21. The highest BCUT2D eigenvalue weighted by Crippen LogP contribution is 1.83. The number of ether oxygens (including phenoxy) is 1. The average Bonchev–Trinajstić information content (AvgIpc) is 2.00. The summed E-state index contributed by atoms with van der Waals surface area (Å²) in [4.78, 5) is 10.6. The SMILES string of the molecule is COC(=O)CN(N)CCCN. The number of hydrogen-bond donors (Lipinski definition) is 2. The predicted octanol–water partition coefficient (Wildman–Crippen LogP) is -1.32. The summed E-state index contributed by atoms with van der Waals surface area (Å²) in [6, 6.07) is 0. The molecule has 0 heterocycles. The normalized spacial score (nSPS) is 10.2. The number of hydrogen-bond acceptors (Lipinski definition) is 5. The predicted molar refractivity (Wildman–Crippen MR) is 41.4 cm³/mol. The number of esters is 1. The minimum Gasteiger partial charge on any atom is -0.468 e. The molecule has 0 spiro atoms. The summed E-state index contributed by atoms with van der Waals surface area (Å²) in [5.74, 6) is 5.08. The molecule has 0 saturated heterocycles. The molecule has 11 heavy (non-hydrogen) atoms. The lowest BCUT2D eigenvalue weighted by Crippen LogP contribution is -2.37. The molecule has 0 aliphatic carbocycles. The van der Waals surface area contributed by atoms with Gasteiger partial charge in [0.05, 0.1) is 7.11 Å². The number of rotatable bonds is 5. The fourth-order valence-electron chi connectivity index (χ4n) is 0.604. The van der Waals surface area contributed by atoms with Crippen molar-refractivity contribution in [1.29, 1.82) is 0 Å². The van der Waals surface area contributed by atoms with Gasteiger partial charge in [-0.05, 0) is 13.0 Å². The van der Waals surface area contributed by atoms with E-state index in [1.807, 2.05) is 0 Å². The fourth-order valence-corrected chi connectivity index (χ4v) is 0.604. The molecule has 0 aromatic heterocycles. The molecule has 66 valence electrons. The molecule has 4 N–H and O–H groups in total. The van der Waals surface area contributed by atoms with E-state index in [2.05, 4.69) is 4.74 Å². The third-order valence-corrected chi connectivity index (χ3v) is 1.21. The van der Waals surface area contributed by atoms with Crippen LogP contribution in [-0.2, 0) is 9.53 Å². The molecule has 0 fully saturated rings. The first-order valence-corrected chi connectivity index (χ1v) is 3.47. The van der Waals surface area contributed by atoms with Crippen LogP contribution in [0.3, 0.4) is 0 Å². The van der Waals surface area contributed by atoms with Crippen LogP contribution in [0.4, 0.5) is 0 Å². The highest BCUT2D eigenvalue weighted by atomic mass is 16.5. The van der Waals surface area contributed by atoms with Gasteiger partial charge in [0.15, 0.2) is 0 Å². The van der Waals surface area contributed by atoms with Crippen LogP contribution in [0.25, 0.3) is 0 Å². The Morgan fingerprint density at radius 3 is 2.73 bits per heavy atom. The number of methoxy groups -OCH3 is 1. The van der Waals surface area contributed by atoms with Crippen LogP contribution in [0.5, 0.6) is 0 Å². The van der Waals surface area contributed by atoms with Crippen molar-refractivity contribution < 1.29 is 9.53 Å². The van der Waals surface area contributed by atoms with Crippen LogP contribution in [0.2, 0.25) is 0 Å². The zero-order chi connectivity index (χ0) is 8.69. The van der Waals surface area contributed by atoms with E-state index >= 15 is 0 Å². The van der Waals surface area contributed by atoms with Crippen molar-refractivity contribution in [2.45, 2.75) is 6.42 Å². The first-order chi connectivity index (χ1) is 5.20. The van der Waals surface area contributed by atoms with E-state index in [0.717, 1.165) is 6.42 Å². The second kappa shape index (κ2) is 6.09. The van der Waals surface area contributed by atoms with Crippen molar-refractivity contribution in [3.63, 3.8) is 0 Å². The molecular formula is C6H15N3O2. The maximum Gasteiger partial charge on any atom is 0.321 e. The lowest BCUT2D eigenvalue weighted by atomic mass is 10.4. The Kier molecular flexibility index (Phi) is 5.73. The van der Waals surface area contributed by atoms with E-state index in [9.17, 15) is 4.79 Å². The van der Waals surface area contributed by atoms with Gasteiger partial charge in [-0.1, -0.05) is 0 Å². The molecule has 0 rings (SSSR count). The van der Waals surface area contributed by atoms with Gasteiger partial charge in [-0.25, -0.2) is 5.01 Å². The molecule has 0 atom stereocenters. The summed E-state index contributed by atoms with van der Waals surface area (Å²) < 4.78 is 4.41. The van der Waals surface area contributed by atoms with Crippen LogP contribution in [0.15, 0.2) is 0 Å². The van der Waals surface area contributed by atoms with Crippen molar-refractivity contribution in [1.82, 2.24) is 5.01 Å². The zero-order valence-corrected chi connectivity index (χ0v) is 6.75. The van der Waals surface area contributed by atoms with Crippen LogP contribution in [0.1, 0.15) is 6.42 Å². The molecule has 5 nitrogen and oxygen atoms in total. The molecule has 0 aromatic rings. The van der Waals surface area contributed by atoms with E-state index in [-0.39, 0.29) is 12.5 Å². The Hall–Kier alpha value is -0.650. The van der Waals surface area contributed by atoms with E-state index < -0.39 is 0 Å². The lowest BCUT2D eigenvalue weighted by Gasteiger charge is -2.13. The molecular weight excluding hydrogens is 146 g/mol. The second-order valence-electron chi connectivity index (χ2n) is 2.19. The second-order valence-corrected chi connectivity index (χ2v) is 2.19. The third kappa shape index (κ3) is 5.78. The molecule has 0 radical (unpaired) electrons. The Morgan fingerprint density at radius 2 is 2.27 bits per heavy atom. The number of carbonyl (C=O) groups excluding carboxylic acids is 1. The van der Waals surface area contributed by atoms with Gasteiger partial charge in [0, 0.05) is 6.54 Å². The van der Waals surface area contributed by atoms with Gasteiger partial charge in [0.2, 0.25) is 0 Å². The standard InChI is InChI=1S/C6H15N3O2/c1-11-6(10)5-9(8)4-2-3-7/h2-5,7-8H2,1H3. The highest BCUT2D eigenvalue weighted by Gasteiger charge is 2.04. The molecule has 0 aliphatic heterocycles. The fraction of sp³-hybridized carbons (Fsp3) is 0.833. The van der Waals surface area contributed by atoms with Crippen LogP contribution >= 0.6 is 0 Å². The molecule has 0 amide bonds. The number of carbonyl (C=O) groups is 1. The molecule has 0 saturated carbocycles. The molecule has 0 aromatic carbocycles. The molecule has 0 unspecified atom stereocenters. The van der Waals surface area contributed by atoms with E-state index in [4.69, 9.17) is 11.6 Å². The minimum absolute atomic E-state index is 0.122. The van der Waals surface area contributed by atoms with Gasteiger partial charge in [0.25, 0.3) is 0 Å². The topological polar surface area (TPSA) is 81.6 Å². The van der Waals surface area contributed by atoms with Gasteiger partial charge < -0.3 is 10.5 Å². The van der Waals surface area contributed by atoms with Crippen LogP contribution in [0, 0.1) is 0 Å². The average molecular weight is 161 g/mol. The lowest BCUT2D eigenvalue weighted by molar-refractivity contribution is -0.141. The number of nitrogens with two attached hydrogens (primary N) is 2. The summed E-state index contributed by atoms with van der Waals surface area (Å²) in [7, 11) is 1.33. The van der Waals surface area contributed by atoms with Crippen LogP contribution in [-0.4, -0.2) is 37.7 Å². The first-order valence-electron chi connectivity index (χ1n) is 3.47. The van der Waals surface area contributed by atoms with E-state index in [1.165, 1.54) is 12.1 Å². The van der Waals surface area contributed by atoms with Gasteiger partial charge in [-0.2, -0.15) is 0 Å². The van der Waals surface area contributed by atoms with E-state index in [0.29, 0.717) is 13.1 Å². The van der Waals surface area contributed by atoms with Gasteiger partial charge in [0.1, 0.15) is 6.54 Å². The van der Waals surface area contributed by atoms with Crippen molar-refractivity contribution >= 4 is 5.97 Å². The van der Waals surface area contributed by atoms with E-state index in [1.54, 1.807) is 0 Å². The Balaban J connectivity index is 3.35. The summed E-state index contributed by atoms with van der Waals surface area (Å²) in [5, 5.41) is 1.39. The molecule has 0 bridgehead atoms. The monoisotopic (exact) mass is 161 g/mol. The van der Waals surface area contributed by atoms with Crippen molar-refractivity contribution in [3.8, 4) is 0 Å². The first kappa shape index (κ1) is 10.3. The molecule has 0 aliphatic rings. The summed E-state index contributed by atoms with van der Waals surface area (Å²) in [6.07, 6.45) is 0.785. The summed E-state index contributed by atoms with van der Waals surface area (Å²) in [6.45, 7) is 1.32. The zero-order valence-electron chi connectivity index (χ0n) is 6.75. The highest BCUT2D eigenvalue weighted by molar-refractivity contribution is 5.71. The summed E-state index contributed by atoms with van der Waals surface area (Å²) in [5.41, 5.74) is 5.24. The Bertz CT molecular complexity index is 118. The Labute approximate surface area is 66.2 Å². The quantitative estimate of drug-likeness (QED) is 0.297. The molecule has 5 heteroatoms. The maximum atomic E-state index is 10.6. The van der Waals surface area contributed by atoms with Crippen molar-refractivity contribution in [2.24, 2.45) is 11.6 Å². The van der Waals surface area contributed by atoms with Gasteiger partial charge >= 0.3 is 5.97 Å². The maximum absolute atomic E-state index is 10.6. The van der Waals surface area contributed by atoms with Crippen molar-refractivity contribution in [2.75, 3.05) is 26.7 Å². The van der Waals surface area contributed by atoms with Gasteiger partial charge in [-0.15, -0.1) is 0 Å². The minimum atomic E-state index is -0.329. The summed E-state index contributed by atoms with van der Waals surface area (Å²) >= 11 is 0. The van der Waals surface area contributed by atoms with Gasteiger partial charge in [-0.3, -0.25) is 10.6 Å². The van der Waals surface area contributed by atoms with Crippen LogP contribution < -0.4 is 11.6 Å². The van der Waals surface area contributed by atoms with Crippen molar-refractivity contribution in [3.05, 3.63) is 0 Å². The number of hydrazine groups is 1.